The standard InChI is InChI=1S/C2H4N2O2/c5-2-1-6-4-3-2/h4H,1H2,(H,3,5). The molecule has 4 heteroatoms. The van der Waals surface area contributed by atoms with Gasteiger partial charge in [0.25, 0.3) is 5.91 Å². The molecule has 0 radical (unpaired) electrons. The molecule has 0 aliphatic carbocycles. The molecule has 0 bridgehead atoms. The molecule has 1 aliphatic heterocycles. The van der Waals surface area contributed by atoms with Gasteiger partial charge in [0.2, 0.25) is 0 Å². The predicted octanol–water partition coefficient (Wildman–Crippen LogP) is -1.45. The molecule has 1 aliphatic rings. The first-order valence-corrected chi connectivity index (χ1v) is 1.55. The van der Waals surface area contributed by atoms with Crippen LogP contribution >= 0.6 is 0 Å². The Hall–Kier alpha value is -0.610. The van der Waals surface area contributed by atoms with E-state index in [1.807, 2.05) is 0 Å². The predicted molar refractivity (Wildman–Crippen MR) is 17.2 cm³/mol. The maximum absolute atomic E-state index is 9.94. The summed E-state index contributed by atoms with van der Waals surface area (Å²) in [5, 5.41) is 0. The van der Waals surface area contributed by atoms with Gasteiger partial charge in [0.1, 0.15) is 0 Å². The molecule has 0 saturated carbocycles. The van der Waals surface area contributed by atoms with E-state index in [0.29, 0.717) is 0 Å². The molecule has 0 unspecified atom stereocenters. The van der Waals surface area contributed by atoms with Gasteiger partial charge in [-0.25, -0.2) is 0 Å². The van der Waals surface area contributed by atoms with Gasteiger partial charge in [-0.3, -0.25) is 15.1 Å². The van der Waals surface area contributed by atoms with Crippen molar-refractivity contribution in [3.63, 3.8) is 0 Å². The third-order valence-corrected chi connectivity index (χ3v) is 0.466. The molecule has 4 nitrogen and oxygen atoms in total. The molecular formula is C2H4N2O2. The fourth-order valence-corrected chi connectivity index (χ4v) is 0.231. The molecular weight excluding hydrogens is 84.0 g/mol. The highest BCUT2D eigenvalue weighted by Gasteiger charge is 2.05. The van der Waals surface area contributed by atoms with Crippen LogP contribution in [0, 0.1) is 0 Å². The van der Waals surface area contributed by atoms with Crippen molar-refractivity contribution < 1.29 is 9.63 Å². The SMILES string of the molecule is O=C1CONN1. The second-order valence-corrected chi connectivity index (χ2v) is 0.939. The van der Waals surface area contributed by atoms with Gasteiger partial charge in [0.05, 0.1) is 0 Å². The van der Waals surface area contributed by atoms with Crippen LogP contribution in [0.3, 0.4) is 0 Å². The minimum absolute atomic E-state index is 0.125. The monoisotopic (exact) mass is 88.0 g/mol. The maximum Gasteiger partial charge on any atom is 0.264 e. The second-order valence-electron chi connectivity index (χ2n) is 0.939. The molecule has 1 saturated heterocycles. The lowest BCUT2D eigenvalue weighted by molar-refractivity contribution is -0.119. The van der Waals surface area contributed by atoms with Gasteiger partial charge >= 0.3 is 0 Å². The van der Waals surface area contributed by atoms with Crippen LogP contribution in [0.5, 0.6) is 0 Å². The third kappa shape index (κ3) is 0.474. The molecule has 6 heavy (non-hydrogen) atoms. The van der Waals surface area contributed by atoms with Crippen molar-refractivity contribution in [1.82, 2.24) is 11.0 Å². The summed E-state index contributed by atoms with van der Waals surface area (Å²) >= 11 is 0. The summed E-state index contributed by atoms with van der Waals surface area (Å²) in [6, 6.07) is 0. The highest BCUT2D eigenvalue weighted by atomic mass is 16.7. The smallest absolute Gasteiger partial charge is 0.264 e. The van der Waals surface area contributed by atoms with Crippen LogP contribution in [0.4, 0.5) is 0 Å². The van der Waals surface area contributed by atoms with Gasteiger partial charge in [0.15, 0.2) is 6.61 Å². The van der Waals surface area contributed by atoms with Crippen molar-refractivity contribution in [2.45, 2.75) is 0 Å². The molecule has 0 atom stereocenters. The van der Waals surface area contributed by atoms with Gasteiger partial charge in [-0.15, -0.1) is 5.59 Å². The summed E-state index contributed by atoms with van der Waals surface area (Å²) in [4.78, 5) is 14.3. The number of hydrazine groups is 1. The Bertz CT molecular complexity index is 63.9. The summed E-state index contributed by atoms with van der Waals surface area (Å²) in [5.74, 6) is -0.130. The second kappa shape index (κ2) is 1.24. The quantitative estimate of drug-likeness (QED) is 0.381. The first-order chi connectivity index (χ1) is 2.89. The summed E-state index contributed by atoms with van der Waals surface area (Å²) in [6.45, 7) is 0.125. The van der Waals surface area contributed by atoms with E-state index in [9.17, 15) is 4.79 Å². The largest absolute Gasteiger partial charge is 0.272 e. The van der Waals surface area contributed by atoms with Crippen LogP contribution in [0.1, 0.15) is 0 Å². The Morgan fingerprint density at radius 2 is 2.67 bits per heavy atom. The van der Waals surface area contributed by atoms with Crippen molar-refractivity contribution in [2.24, 2.45) is 0 Å². The topological polar surface area (TPSA) is 50.4 Å². The number of carbonyl (C=O) groups excluding carboxylic acids is 1. The van der Waals surface area contributed by atoms with Crippen LogP contribution < -0.4 is 11.0 Å². The average molecular weight is 88.1 g/mol. The molecule has 1 amide bonds. The van der Waals surface area contributed by atoms with E-state index in [4.69, 9.17) is 0 Å². The maximum atomic E-state index is 9.94. The van der Waals surface area contributed by atoms with Crippen LogP contribution in [-0.4, -0.2) is 12.5 Å². The molecule has 1 fully saturated rings. The Morgan fingerprint density at radius 1 is 1.83 bits per heavy atom. The Balaban J connectivity index is 2.37. The lowest BCUT2D eigenvalue weighted by Crippen LogP contribution is -2.24. The number of nitrogens with one attached hydrogen (secondary N) is 2. The van der Waals surface area contributed by atoms with Gasteiger partial charge in [-0.1, -0.05) is 0 Å². The van der Waals surface area contributed by atoms with Crippen molar-refractivity contribution >= 4 is 5.91 Å². The van der Waals surface area contributed by atoms with E-state index in [1.165, 1.54) is 0 Å². The van der Waals surface area contributed by atoms with Crippen LogP contribution in [-0.2, 0) is 9.63 Å². The summed E-state index contributed by atoms with van der Waals surface area (Å²) in [6.07, 6.45) is 0. The Morgan fingerprint density at radius 3 is 2.83 bits per heavy atom. The van der Waals surface area contributed by atoms with E-state index in [-0.39, 0.29) is 12.5 Å². The fourth-order valence-electron chi connectivity index (χ4n) is 0.231. The van der Waals surface area contributed by atoms with E-state index in [0.717, 1.165) is 0 Å². The lowest BCUT2D eigenvalue weighted by atomic mass is 10.7. The fraction of sp³-hybridized carbons (Fsp3) is 0.500. The first-order valence-electron chi connectivity index (χ1n) is 1.55. The van der Waals surface area contributed by atoms with Crippen LogP contribution in [0.15, 0.2) is 0 Å². The number of hydrogen-bond acceptors (Lipinski definition) is 3. The average Bonchev–Trinajstić information content (AvgIpc) is 1.86. The van der Waals surface area contributed by atoms with E-state index in [2.05, 4.69) is 15.9 Å². The minimum atomic E-state index is -0.130. The lowest BCUT2D eigenvalue weighted by Gasteiger charge is -1.81. The molecule has 2 N–H and O–H groups in total. The summed E-state index contributed by atoms with van der Waals surface area (Å²) in [7, 11) is 0. The Labute approximate surface area is 34.4 Å². The molecule has 0 spiro atoms. The number of carbonyl (C=O) groups is 1. The highest BCUT2D eigenvalue weighted by molar-refractivity contribution is 5.77. The van der Waals surface area contributed by atoms with Crippen LogP contribution in [0.25, 0.3) is 0 Å². The van der Waals surface area contributed by atoms with Gasteiger partial charge < -0.3 is 0 Å². The van der Waals surface area contributed by atoms with Crippen molar-refractivity contribution in [3.05, 3.63) is 0 Å². The summed E-state index contributed by atoms with van der Waals surface area (Å²) in [5.41, 5.74) is 4.38. The third-order valence-electron chi connectivity index (χ3n) is 0.466. The van der Waals surface area contributed by atoms with Gasteiger partial charge in [-0.2, -0.15) is 0 Å². The number of amides is 1. The Kier molecular flexibility index (Phi) is 0.736. The first kappa shape index (κ1) is 3.58. The normalized spacial score (nSPS) is 21.0. The zero-order valence-electron chi connectivity index (χ0n) is 3.02. The summed E-state index contributed by atoms with van der Waals surface area (Å²) < 4.78 is 0. The van der Waals surface area contributed by atoms with E-state index >= 15 is 0 Å². The molecule has 0 aromatic rings. The van der Waals surface area contributed by atoms with E-state index in [1.54, 1.807) is 0 Å². The zero-order valence-corrected chi connectivity index (χ0v) is 3.02. The van der Waals surface area contributed by atoms with Crippen LogP contribution in [0.2, 0.25) is 0 Å². The molecule has 1 rings (SSSR count). The molecule has 1 heterocycles. The molecule has 34 valence electrons. The minimum Gasteiger partial charge on any atom is -0.272 e. The number of rotatable bonds is 0. The van der Waals surface area contributed by atoms with Crippen molar-refractivity contribution in [1.29, 1.82) is 0 Å². The van der Waals surface area contributed by atoms with Crippen molar-refractivity contribution in [3.8, 4) is 0 Å². The highest BCUT2D eigenvalue weighted by Crippen LogP contribution is 1.71. The number of hydrogen-bond donors (Lipinski definition) is 2. The van der Waals surface area contributed by atoms with Gasteiger partial charge in [-0.05, 0) is 0 Å². The van der Waals surface area contributed by atoms with E-state index < -0.39 is 0 Å². The molecule has 0 aromatic carbocycles. The van der Waals surface area contributed by atoms with Gasteiger partial charge in [0, 0.05) is 0 Å². The zero-order chi connectivity index (χ0) is 4.41. The molecule has 0 aromatic heterocycles. The van der Waals surface area contributed by atoms with Crippen molar-refractivity contribution in [2.75, 3.05) is 6.61 Å².